The smallest absolute Gasteiger partial charge is 0.334 e. The van der Waals surface area contributed by atoms with Crippen molar-refractivity contribution >= 4 is 38.9 Å². The summed E-state index contributed by atoms with van der Waals surface area (Å²) in [5, 5.41) is 9.19. The number of unbranched alkanes of at least 4 members (excludes halogenated alkanes) is 2. The molecule has 0 aliphatic carbocycles. The van der Waals surface area contributed by atoms with E-state index in [0.717, 1.165) is 55.8 Å². The van der Waals surface area contributed by atoms with Crippen LogP contribution in [-0.2, 0) is 21.0 Å². The predicted molar refractivity (Wildman–Crippen MR) is 138 cm³/mol. The summed E-state index contributed by atoms with van der Waals surface area (Å²) in [4.78, 5) is 18.3. The number of amides is 1. The lowest BCUT2D eigenvalue weighted by atomic mass is 10.0. The van der Waals surface area contributed by atoms with Crippen LogP contribution in [0, 0.1) is 11.3 Å². The molecule has 2 heterocycles. The summed E-state index contributed by atoms with van der Waals surface area (Å²) in [6.45, 7) is 7.23. The van der Waals surface area contributed by atoms with Crippen molar-refractivity contribution in [1.29, 1.82) is 5.26 Å². The molecule has 1 aromatic rings. The van der Waals surface area contributed by atoms with Gasteiger partial charge in [-0.15, -0.1) is 0 Å². The van der Waals surface area contributed by atoms with Crippen LogP contribution in [0.1, 0.15) is 50.7 Å². The second kappa shape index (κ2) is 11.2. The molecule has 0 bridgehead atoms. The van der Waals surface area contributed by atoms with Gasteiger partial charge in [-0.25, -0.2) is 12.7 Å². The fraction of sp³-hybridized carbons (Fsp3) is 0.625. The topological polar surface area (TPSA) is 88.0 Å². The summed E-state index contributed by atoms with van der Waals surface area (Å²) in [5.41, 5.74) is -2.66. The minimum Gasteiger partial charge on any atom is -0.334 e. The first-order valence-electron chi connectivity index (χ1n) is 12.1. The van der Waals surface area contributed by atoms with Crippen LogP contribution in [0.15, 0.2) is 18.2 Å². The van der Waals surface area contributed by atoms with Crippen molar-refractivity contribution in [3.8, 4) is 6.07 Å². The van der Waals surface area contributed by atoms with Gasteiger partial charge in [-0.1, -0.05) is 6.42 Å². The van der Waals surface area contributed by atoms with E-state index in [1.165, 1.54) is 16.6 Å². The van der Waals surface area contributed by atoms with Crippen LogP contribution in [0.3, 0.4) is 0 Å². The second-order valence-corrected chi connectivity index (χ2v) is 12.2. The fourth-order valence-electron chi connectivity index (χ4n) is 4.73. The SMILES string of the molecule is CC1(C)C(=O)N(c2ccc(C#N)c(C(F)(F)F)c2)C(=S)N1CCCCCN1CCCN(S(C)(=O)=O)CC1. The highest BCUT2D eigenvalue weighted by molar-refractivity contribution is 7.88. The molecule has 13 heteroatoms. The van der Waals surface area contributed by atoms with Crippen LogP contribution in [0.25, 0.3) is 0 Å². The first-order valence-corrected chi connectivity index (χ1v) is 14.4. The number of sulfonamides is 1. The average molecular weight is 560 g/mol. The number of carbonyl (C=O) groups excluding carboxylic acids is 1. The summed E-state index contributed by atoms with van der Waals surface area (Å²) < 4.78 is 65.5. The minimum atomic E-state index is -4.74. The van der Waals surface area contributed by atoms with Gasteiger partial charge in [0.05, 0.1) is 29.1 Å². The Kier molecular flexibility index (Phi) is 8.89. The summed E-state index contributed by atoms with van der Waals surface area (Å²) >= 11 is 5.53. The molecule has 0 spiro atoms. The van der Waals surface area contributed by atoms with Gasteiger partial charge >= 0.3 is 6.18 Å². The number of thiocarbonyl (C=S) groups is 1. The molecular weight excluding hydrogens is 527 g/mol. The number of benzene rings is 1. The monoisotopic (exact) mass is 559 g/mol. The molecule has 37 heavy (non-hydrogen) atoms. The van der Waals surface area contributed by atoms with Gasteiger partial charge < -0.3 is 9.80 Å². The van der Waals surface area contributed by atoms with E-state index >= 15 is 0 Å². The van der Waals surface area contributed by atoms with Crippen molar-refractivity contribution in [2.24, 2.45) is 0 Å². The van der Waals surface area contributed by atoms with E-state index in [1.54, 1.807) is 24.8 Å². The number of anilines is 1. The summed E-state index contributed by atoms with van der Waals surface area (Å²) in [6, 6.07) is 4.71. The van der Waals surface area contributed by atoms with E-state index < -0.39 is 38.8 Å². The Balaban J connectivity index is 1.59. The van der Waals surface area contributed by atoms with E-state index in [4.69, 9.17) is 17.5 Å². The number of nitriles is 1. The van der Waals surface area contributed by atoms with Crippen molar-refractivity contribution < 1.29 is 26.4 Å². The highest BCUT2D eigenvalue weighted by Crippen LogP contribution is 2.38. The number of carbonyl (C=O) groups is 1. The molecule has 1 amide bonds. The molecule has 0 radical (unpaired) electrons. The first-order chi connectivity index (χ1) is 17.2. The maximum atomic E-state index is 13.5. The third kappa shape index (κ3) is 6.60. The van der Waals surface area contributed by atoms with Crippen LogP contribution in [0.2, 0.25) is 0 Å². The summed E-state index contributed by atoms with van der Waals surface area (Å²) in [6.07, 6.45) is -0.249. The van der Waals surface area contributed by atoms with Crippen LogP contribution in [-0.4, -0.2) is 84.6 Å². The number of hydrogen-bond donors (Lipinski definition) is 0. The first kappa shape index (κ1) is 29.3. The lowest BCUT2D eigenvalue weighted by Crippen LogP contribution is -2.44. The van der Waals surface area contributed by atoms with E-state index in [0.29, 0.717) is 26.2 Å². The lowest BCUT2D eigenvalue weighted by molar-refractivity contribution is -0.137. The zero-order valence-corrected chi connectivity index (χ0v) is 22.8. The predicted octanol–water partition coefficient (Wildman–Crippen LogP) is 3.43. The Bertz CT molecular complexity index is 1180. The van der Waals surface area contributed by atoms with Gasteiger partial charge in [0.15, 0.2) is 5.11 Å². The summed E-state index contributed by atoms with van der Waals surface area (Å²) in [7, 11) is -3.18. The molecule has 2 aliphatic rings. The number of hydrogen-bond acceptors (Lipinski definition) is 6. The maximum Gasteiger partial charge on any atom is 0.417 e. The molecule has 3 rings (SSSR count). The highest BCUT2D eigenvalue weighted by atomic mass is 32.2. The minimum absolute atomic E-state index is 0.0128. The molecule has 0 atom stereocenters. The number of halogens is 3. The normalized spacial score (nSPS) is 19.8. The van der Waals surface area contributed by atoms with Crippen molar-refractivity contribution in [2.75, 3.05) is 50.4 Å². The molecule has 2 aliphatic heterocycles. The maximum absolute atomic E-state index is 13.5. The molecule has 0 saturated carbocycles. The van der Waals surface area contributed by atoms with Crippen LogP contribution in [0.4, 0.5) is 18.9 Å². The molecule has 2 fully saturated rings. The van der Waals surface area contributed by atoms with Crippen molar-refractivity contribution in [3.63, 3.8) is 0 Å². The van der Waals surface area contributed by atoms with Crippen LogP contribution < -0.4 is 4.90 Å². The van der Waals surface area contributed by atoms with E-state index in [2.05, 4.69) is 4.90 Å². The number of nitrogens with zero attached hydrogens (tertiary/aromatic N) is 5. The number of rotatable bonds is 8. The lowest BCUT2D eigenvalue weighted by Gasteiger charge is -2.29. The van der Waals surface area contributed by atoms with Gasteiger partial charge in [-0.05, 0) is 76.6 Å². The molecule has 1 aromatic carbocycles. The Hall–Kier alpha value is -2.27. The Morgan fingerprint density at radius 1 is 1.08 bits per heavy atom. The zero-order valence-electron chi connectivity index (χ0n) is 21.2. The van der Waals surface area contributed by atoms with Crippen LogP contribution in [0.5, 0.6) is 0 Å². The Morgan fingerprint density at radius 3 is 2.38 bits per heavy atom. The molecule has 0 N–H and O–H groups in total. The molecule has 0 unspecified atom stereocenters. The van der Waals surface area contributed by atoms with Gasteiger partial charge in [0.2, 0.25) is 10.0 Å². The van der Waals surface area contributed by atoms with Crippen LogP contribution >= 0.6 is 12.2 Å². The average Bonchev–Trinajstić information content (AvgIpc) is 2.98. The van der Waals surface area contributed by atoms with Gasteiger partial charge in [0, 0.05) is 26.2 Å². The summed E-state index contributed by atoms with van der Waals surface area (Å²) in [5.74, 6) is -0.421. The highest BCUT2D eigenvalue weighted by Gasteiger charge is 2.49. The van der Waals surface area contributed by atoms with Crippen molar-refractivity contribution in [1.82, 2.24) is 14.1 Å². The van der Waals surface area contributed by atoms with Gasteiger partial charge in [-0.3, -0.25) is 9.69 Å². The van der Waals surface area contributed by atoms with Gasteiger partial charge in [-0.2, -0.15) is 18.4 Å². The number of alkyl halides is 3. The third-order valence-corrected chi connectivity index (χ3v) is 8.59. The van der Waals surface area contributed by atoms with E-state index in [-0.39, 0.29) is 10.8 Å². The zero-order chi connectivity index (χ0) is 27.6. The largest absolute Gasteiger partial charge is 0.417 e. The molecule has 0 aromatic heterocycles. The Labute approximate surface area is 221 Å². The molecule has 204 valence electrons. The van der Waals surface area contributed by atoms with E-state index in [1.807, 2.05) is 0 Å². The molecular formula is C24H32F3N5O3S2. The van der Waals surface area contributed by atoms with E-state index in [9.17, 15) is 26.4 Å². The standard InChI is InChI=1S/C24H32F3N5O3S2/c1-23(2)21(33)32(19-9-8-18(17-28)20(16-19)24(25,26)27)22(36)31(23)13-6-4-5-10-29-11-7-12-30(15-14-29)37(3,34)35/h8-9,16H,4-7,10-15H2,1-3H3. The van der Waals surface area contributed by atoms with Crippen molar-refractivity contribution in [2.45, 2.75) is 51.2 Å². The molecule has 8 nitrogen and oxygen atoms in total. The Morgan fingerprint density at radius 2 is 1.76 bits per heavy atom. The third-order valence-electron chi connectivity index (χ3n) is 6.88. The molecule has 2 saturated heterocycles. The second-order valence-electron chi connectivity index (χ2n) is 9.89. The van der Waals surface area contributed by atoms with Crippen molar-refractivity contribution in [3.05, 3.63) is 29.3 Å². The quantitative estimate of drug-likeness (QED) is 0.356. The van der Waals surface area contributed by atoms with Gasteiger partial charge in [0.1, 0.15) is 5.54 Å². The fourth-order valence-corrected chi connectivity index (χ4v) is 6.11. The van der Waals surface area contributed by atoms with Gasteiger partial charge in [0.25, 0.3) is 5.91 Å².